The Morgan fingerprint density at radius 3 is 2.77 bits per heavy atom. The molecule has 2 heterocycles. The lowest BCUT2D eigenvalue weighted by Crippen LogP contribution is -2.25. The van der Waals surface area contributed by atoms with Crippen molar-refractivity contribution in [2.75, 3.05) is 36.5 Å². The van der Waals surface area contributed by atoms with Gasteiger partial charge in [0.15, 0.2) is 0 Å². The zero-order valence-corrected chi connectivity index (χ0v) is 19.5. The fraction of sp³-hybridized carbons (Fsp3) is 0.500. The number of esters is 1. The number of benzene rings is 1. The summed E-state index contributed by atoms with van der Waals surface area (Å²) in [5, 5.41) is 3.34. The average molecular weight is 522 g/mol. The average Bonchev–Trinajstić information content (AvgIpc) is 3.38. The summed E-state index contributed by atoms with van der Waals surface area (Å²) in [6.45, 7) is 7.28. The normalized spacial score (nSPS) is 19.4. The van der Waals surface area contributed by atoms with Crippen molar-refractivity contribution in [3.05, 3.63) is 41.1 Å². The van der Waals surface area contributed by atoms with Gasteiger partial charge in [-0.1, -0.05) is 28.7 Å². The monoisotopic (exact) mass is 522 g/mol. The quantitative estimate of drug-likeness (QED) is 0.303. The lowest BCUT2D eigenvalue weighted by atomic mass is 10.1. The van der Waals surface area contributed by atoms with Crippen molar-refractivity contribution < 1.29 is 14.3 Å². The predicted molar refractivity (Wildman–Crippen MR) is 124 cm³/mol. The van der Waals surface area contributed by atoms with Gasteiger partial charge < -0.3 is 19.7 Å². The molecule has 1 aromatic carbocycles. The maximum atomic E-state index is 12.4. The van der Waals surface area contributed by atoms with Crippen molar-refractivity contribution in [1.82, 2.24) is 9.97 Å². The molecule has 2 atom stereocenters. The van der Waals surface area contributed by atoms with Crippen molar-refractivity contribution in [3.8, 4) is 5.75 Å². The van der Waals surface area contributed by atoms with Gasteiger partial charge in [0.2, 0.25) is 5.95 Å². The summed E-state index contributed by atoms with van der Waals surface area (Å²) in [7, 11) is 0. The lowest BCUT2D eigenvalue weighted by molar-refractivity contribution is 0.0526. The van der Waals surface area contributed by atoms with E-state index in [1.54, 1.807) is 13.1 Å². The van der Waals surface area contributed by atoms with Crippen LogP contribution in [0.15, 0.2) is 24.4 Å². The molecule has 8 heteroatoms. The highest BCUT2D eigenvalue weighted by Gasteiger charge is 2.45. The van der Waals surface area contributed by atoms with E-state index in [-0.39, 0.29) is 0 Å². The molecule has 4 rings (SSSR count). The Hall–Kier alpha value is -2.10. The van der Waals surface area contributed by atoms with Crippen LogP contribution in [0.4, 0.5) is 11.8 Å². The van der Waals surface area contributed by atoms with Gasteiger partial charge >= 0.3 is 5.97 Å². The standard InChI is InChI=1S/C22H27IN4O3/c1-3-29-19-6-5-14(7-15(19)9-23)10-24-20-18(21(28)30-4-2)11-25-22(26-20)27-12-16-8-17(16)13-27/h5-7,11,16-17H,3-4,8-10,12-13H2,1-2H3,(H,24,25,26). The first-order valence-electron chi connectivity index (χ1n) is 10.5. The van der Waals surface area contributed by atoms with Gasteiger partial charge in [-0.05, 0) is 49.8 Å². The number of hydrogen-bond acceptors (Lipinski definition) is 7. The molecule has 7 nitrogen and oxygen atoms in total. The largest absolute Gasteiger partial charge is 0.494 e. The number of rotatable bonds is 9. The SMILES string of the molecule is CCOC(=O)c1cnc(N2CC3CC3C2)nc1NCc1ccc(OCC)c(CI)c1. The number of aromatic nitrogens is 2. The van der Waals surface area contributed by atoms with Gasteiger partial charge in [-0.25, -0.2) is 9.78 Å². The van der Waals surface area contributed by atoms with Crippen LogP contribution in [-0.4, -0.2) is 42.2 Å². The first-order chi connectivity index (χ1) is 14.6. The number of carbonyl (C=O) groups is 1. The van der Waals surface area contributed by atoms with Crippen molar-refractivity contribution in [2.45, 2.75) is 31.2 Å². The fourth-order valence-electron chi connectivity index (χ4n) is 3.91. The maximum Gasteiger partial charge on any atom is 0.343 e. The van der Waals surface area contributed by atoms with Gasteiger partial charge in [0, 0.05) is 35.8 Å². The zero-order chi connectivity index (χ0) is 21.1. The molecule has 0 bridgehead atoms. The van der Waals surface area contributed by atoms with Gasteiger partial charge in [0.1, 0.15) is 17.1 Å². The summed E-state index contributed by atoms with van der Waals surface area (Å²) < 4.78 is 11.8. The molecule has 1 aliphatic carbocycles. The van der Waals surface area contributed by atoms with E-state index in [0.29, 0.717) is 37.1 Å². The van der Waals surface area contributed by atoms with Crippen LogP contribution in [-0.2, 0) is 15.7 Å². The van der Waals surface area contributed by atoms with E-state index in [2.05, 4.69) is 43.9 Å². The Labute approximate surface area is 190 Å². The van der Waals surface area contributed by atoms with Gasteiger partial charge in [-0.15, -0.1) is 0 Å². The number of fused-ring (bicyclic) bond motifs is 1. The number of nitrogens with zero attached hydrogens (tertiary/aromatic N) is 3. The molecule has 160 valence electrons. The second-order valence-corrected chi connectivity index (χ2v) is 8.44. The van der Waals surface area contributed by atoms with Crippen LogP contribution in [0.5, 0.6) is 5.75 Å². The van der Waals surface area contributed by atoms with Crippen LogP contribution >= 0.6 is 22.6 Å². The number of alkyl halides is 1. The molecule has 0 spiro atoms. The third kappa shape index (κ3) is 4.63. The summed E-state index contributed by atoms with van der Waals surface area (Å²) in [5.74, 6) is 3.27. The second kappa shape index (κ2) is 9.36. The highest BCUT2D eigenvalue weighted by atomic mass is 127. The Morgan fingerprint density at radius 1 is 1.27 bits per heavy atom. The van der Waals surface area contributed by atoms with Crippen LogP contribution in [0.2, 0.25) is 0 Å². The van der Waals surface area contributed by atoms with E-state index >= 15 is 0 Å². The third-order valence-electron chi connectivity index (χ3n) is 5.56. The van der Waals surface area contributed by atoms with Crippen molar-refractivity contribution in [1.29, 1.82) is 0 Å². The third-order valence-corrected chi connectivity index (χ3v) is 6.38. The second-order valence-electron chi connectivity index (χ2n) is 7.68. The minimum absolute atomic E-state index is 0.313. The van der Waals surface area contributed by atoms with E-state index in [1.165, 1.54) is 6.42 Å². The van der Waals surface area contributed by atoms with Gasteiger partial charge in [-0.2, -0.15) is 4.98 Å². The van der Waals surface area contributed by atoms with Crippen LogP contribution < -0.4 is 15.0 Å². The molecular formula is C22H27IN4O3. The number of halogens is 1. The first-order valence-corrected chi connectivity index (χ1v) is 12.0. The molecule has 1 saturated heterocycles. The van der Waals surface area contributed by atoms with Crippen LogP contribution in [0.1, 0.15) is 41.8 Å². The number of carbonyl (C=O) groups excluding carboxylic acids is 1. The van der Waals surface area contributed by atoms with Gasteiger partial charge in [-0.3, -0.25) is 0 Å². The Morgan fingerprint density at radius 2 is 2.07 bits per heavy atom. The molecule has 2 aliphatic rings. The van der Waals surface area contributed by atoms with Crippen LogP contribution in [0.25, 0.3) is 0 Å². The van der Waals surface area contributed by atoms with Crippen molar-refractivity contribution >= 4 is 40.3 Å². The first kappa shape index (κ1) is 21.1. The molecule has 2 unspecified atom stereocenters. The number of piperidine rings is 1. The minimum Gasteiger partial charge on any atom is -0.494 e. The van der Waals surface area contributed by atoms with E-state index in [0.717, 1.165) is 46.2 Å². The van der Waals surface area contributed by atoms with Gasteiger partial charge in [0.05, 0.1) is 13.2 Å². The number of ether oxygens (including phenoxy) is 2. The summed E-state index contributed by atoms with van der Waals surface area (Å²) in [6.07, 6.45) is 2.90. The van der Waals surface area contributed by atoms with Gasteiger partial charge in [0.25, 0.3) is 0 Å². The highest BCUT2D eigenvalue weighted by molar-refractivity contribution is 14.1. The minimum atomic E-state index is -0.407. The molecule has 2 fully saturated rings. The fourth-order valence-corrected chi connectivity index (χ4v) is 4.50. The smallest absolute Gasteiger partial charge is 0.343 e. The summed E-state index contributed by atoms with van der Waals surface area (Å²) in [5.41, 5.74) is 2.62. The number of nitrogens with one attached hydrogen (secondary N) is 1. The molecule has 30 heavy (non-hydrogen) atoms. The molecule has 1 saturated carbocycles. The van der Waals surface area contributed by atoms with E-state index in [4.69, 9.17) is 14.5 Å². The van der Waals surface area contributed by atoms with Crippen LogP contribution in [0.3, 0.4) is 0 Å². The topological polar surface area (TPSA) is 76.6 Å². The van der Waals surface area contributed by atoms with Crippen molar-refractivity contribution in [2.24, 2.45) is 11.8 Å². The molecule has 1 N–H and O–H groups in total. The maximum absolute atomic E-state index is 12.4. The molecule has 2 aromatic rings. The summed E-state index contributed by atoms with van der Waals surface area (Å²) in [4.78, 5) is 23.8. The zero-order valence-electron chi connectivity index (χ0n) is 17.4. The Kier molecular flexibility index (Phi) is 6.60. The van der Waals surface area contributed by atoms with E-state index < -0.39 is 5.97 Å². The lowest BCUT2D eigenvalue weighted by Gasteiger charge is -2.19. The summed E-state index contributed by atoms with van der Waals surface area (Å²) >= 11 is 2.34. The Bertz CT molecular complexity index is 913. The molecule has 0 amide bonds. The molecule has 1 aromatic heterocycles. The summed E-state index contributed by atoms with van der Waals surface area (Å²) in [6, 6.07) is 6.17. The highest BCUT2D eigenvalue weighted by Crippen LogP contribution is 2.45. The number of anilines is 2. The Balaban J connectivity index is 1.54. The van der Waals surface area contributed by atoms with E-state index in [9.17, 15) is 4.79 Å². The van der Waals surface area contributed by atoms with Crippen molar-refractivity contribution in [3.63, 3.8) is 0 Å². The van der Waals surface area contributed by atoms with E-state index in [1.807, 2.05) is 19.1 Å². The van der Waals surface area contributed by atoms with Crippen LogP contribution in [0, 0.1) is 11.8 Å². The predicted octanol–water partition coefficient (Wildman–Crippen LogP) is 4.06. The number of hydrogen-bond donors (Lipinski definition) is 1. The molecular weight excluding hydrogens is 495 g/mol. The molecule has 0 radical (unpaired) electrons. The molecule has 1 aliphatic heterocycles.